The van der Waals surface area contributed by atoms with E-state index in [1.165, 1.54) is 16.7 Å². The quantitative estimate of drug-likeness (QED) is 0.887. The Labute approximate surface area is 112 Å². The number of rotatable bonds is 4. The van der Waals surface area contributed by atoms with Gasteiger partial charge in [0.15, 0.2) is 0 Å². The molecule has 0 radical (unpaired) electrons. The lowest BCUT2D eigenvalue weighted by molar-refractivity contribution is 0.254. The van der Waals surface area contributed by atoms with E-state index >= 15 is 0 Å². The van der Waals surface area contributed by atoms with E-state index < -0.39 is 0 Å². The molecule has 0 saturated carbocycles. The maximum absolute atomic E-state index is 5.70. The molecule has 0 aromatic heterocycles. The molecule has 1 unspecified atom stereocenters. The summed E-state index contributed by atoms with van der Waals surface area (Å²) in [6.45, 7) is 12.8. The molecule has 0 spiro atoms. The van der Waals surface area contributed by atoms with Crippen molar-refractivity contribution in [3.63, 3.8) is 0 Å². The second-order valence-electron chi connectivity index (χ2n) is 6.39. The van der Waals surface area contributed by atoms with Gasteiger partial charge in [-0.25, -0.2) is 0 Å². The molecular weight excluding hydrogens is 220 g/mol. The van der Waals surface area contributed by atoms with Crippen LogP contribution in [0, 0.1) is 6.92 Å². The highest BCUT2D eigenvalue weighted by Crippen LogP contribution is 2.24. The van der Waals surface area contributed by atoms with Crippen LogP contribution in [0.2, 0.25) is 0 Å². The van der Waals surface area contributed by atoms with Gasteiger partial charge in [0.1, 0.15) is 0 Å². The van der Waals surface area contributed by atoms with E-state index in [1.807, 2.05) is 0 Å². The van der Waals surface area contributed by atoms with Gasteiger partial charge in [0.05, 0.1) is 0 Å². The van der Waals surface area contributed by atoms with Crippen LogP contribution in [0.5, 0.6) is 0 Å². The predicted molar refractivity (Wildman–Crippen MR) is 79.9 cm³/mol. The van der Waals surface area contributed by atoms with E-state index in [4.69, 9.17) is 5.73 Å². The summed E-state index contributed by atoms with van der Waals surface area (Å²) in [4.78, 5) is 2.30. The van der Waals surface area contributed by atoms with Crippen LogP contribution in [0.25, 0.3) is 0 Å². The molecule has 1 atom stereocenters. The third-order valence-electron chi connectivity index (χ3n) is 3.72. The first-order chi connectivity index (χ1) is 8.25. The Morgan fingerprint density at radius 2 is 1.89 bits per heavy atom. The third-order valence-corrected chi connectivity index (χ3v) is 3.72. The van der Waals surface area contributed by atoms with Crippen molar-refractivity contribution in [2.75, 3.05) is 13.6 Å². The summed E-state index contributed by atoms with van der Waals surface area (Å²) in [5.74, 6) is 0. The molecule has 0 fully saturated rings. The maximum atomic E-state index is 5.70. The number of benzene rings is 1. The maximum Gasteiger partial charge on any atom is 0.0236 e. The van der Waals surface area contributed by atoms with E-state index in [-0.39, 0.29) is 5.41 Å². The summed E-state index contributed by atoms with van der Waals surface area (Å²) >= 11 is 0. The Kier molecular flexibility index (Phi) is 4.94. The van der Waals surface area contributed by atoms with Crippen molar-refractivity contribution < 1.29 is 0 Å². The molecule has 1 rings (SSSR count). The fraction of sp³-hybridized carbons (Fsp3) is 0.625. The smallest absolute Gasteiger partial charge is 0.0236 e. The normalized spacial score (nSPS) is 14.0. The molecule has 1 aromatic carbocycles. The molecule has 18 heavy (non-hydrogen) atoms. The fourth-order valence-electron chi connectivity index (χ4n) is 1.94. The molecule has 2 N–H and O–H groups in total. The average Bonchev–Trinajstić information content (AvgIpc) is 2.29. The molecule has 0 aliphatic carbocycles. The van der Waals surface area contributed by atoms with E-state index in [1.54, 1.807) is 0 Å². The van der Waals surface area contributed by atoms with Crippen LogP contribution in [0.4, 0.5) is 0 Å². The summed E-state index contributed by atoms with van der Waals surface area (Å²) < 4.78 is 0. The lowest BCUT2D eigenvalue weighted by Crippen LogP contribution is -2.34. The van der Waals surface area contributed by atoms with Crippen molar-refractivity contribution in [2.24, 2.45) is 5.73 Å². The standard InChI is InChI=1S/C16H28N2/c1-12-9-15(16(3,4)5)8-7-14(12)11-18(6)13(2)10-17/h7-9,13H,10-11,17H2,1-6H3. The van der Waals surface area contributed by atoms with Gasteiger partial charge < -0.3 is 5.73 Å². The lowest BCUT2D eigenvalue weighted by atomic mass is 9.85. The molecule has 0 bridgehead atoms. The van der Waals surface area contributed by atoms with E-state index in [0.717, 1.165) is 6.54 Å². The molecule has 102 valence electrons. The van der Waals surface area contributed by atoms with Crippen LogP contribution in [0.15, 0.2) is 18.2 Å². The van der Waals surface area contributed by atoms with Gasteiger partial charge in [-0.3, -0.25) is 4.90 Å². The number of likely N-dealkylation sites (N-methyl/N-ethyl adjacent to an activating group) is 1. The lowest BCUT2D eigenvalue weighted by Gasteiger charge is -2.25. The van der Waals surface area contributed by atoms with Crippen molar-refractivity contribution in [1.82, 2.24) is 4.90 Å². The van der Waals surface area contributed by atoms with E-state index in [9.17, 15) is 0 Å². The van der Waals surface area contributed by atoms with Gasteiger partial charge in [0.25, 0.3) is 0 Å². The summed E-state index contributed by atoms with van der Waals surface area (Å²) in [6, 6.07) is 7.25. The molecule has 0 amide bonds. The minimum Gasteiger partial charge on any atom is -0.329 e. The van der Waals surface area contributed by atoms with Crippen molar-refractivity contribution in [1.29, 1.82) is 0 Å². The summed E-state index contributed by atoms with van der Waals surface area (Å²) in [7, 11) is 2.13. The first-order valence-electron chi connectivity index (χ1n) is 6.76. The first kappa shape index (κ1) is 15.2. The van der Waals surface area contributed by atoms with Crippen LogP contribution in [0.1, 0.15) is 44.4 Å². The summed E-state index contributed by atoms with van der Waals surface area (Å²) in [5.41, 5.74) is 10.1. The van der Waals surface area contributed by atoms with E-state index in [0.29, 0.717) is 12.6 Å². The molecule has 0 aliphatic heterocycles. The van der Waals surface area contributed by atoms with Crippen LogP contribution in [0.3, 0.4) is 0 Å². The highest BCUT2D eigenvalue weighted by molar-refractivity contribution is 5.34. The van der Waals surface area contributed by atoms with Crippen LogP contribution < -0.4 is 5.73 Å². The zero-order valence-electron chi connectivity index (χ0n) is 12.7. The first-order valence-corrected chi connectivity index (χ1v) is 6.76. The Balaban J connectivity index is 2.87. The second-order valence-corrected chi connectivity index (χ2v) is 6.39. The summed E-state index contributed by atoms with van der Waals surface area (Å²) in [5, 5.41) is 0. The minimum atomic E-state index is 0.222. The third kappa shape index (κ3) is 3.82. The number of aryl methyl sites for hydroxylation is 1. The van der Waals surface area contributed by atoms with Crippen LogP contribution in [-0.2, 0) is 12.0 Å². The Bertz CT molecular complexity index is 391. The summed E-state index contributed by atoms with van der Waals surface area (Å²) in [6.07, 6.45) is 0. The topological polar surface area (TPSA) is 29.3 Å². The van der Waals surface area contributed by atoms with E-state index in [2.05, 4.69) is 64.8 Å². The molecule has 0 aliphatic rings. The Hall–Kier alpha value is -0.860. The Morgan fingerprint density at radius 3 is 2.33 bits per heavy atom. The average molecular weight is 248 g/mol. The predicted octanol–water partition coefficient (Wildman–Crippen LogP) is 3.07. The molecule has 2 nitrogen and oxygen atoms in total. The van der Waals surface area contributed by atoms with Gasteiger partial charge >= 0.3 is 0 Å². The zero-order valence-corrected chi connectivity index (χ0v) is 12.7. The van der Waals surface area contributed by atoms with Crippen molar-refractivity contribution >= 4 is 0 Å². The monoisotopic (exact) mass is 248 g/mol. The SMILES string of the molecule is Cc1cc(C(C)(C)C)ccc1CN(C)C(C)CN. The molecule has 0 heterocycles. The van der Waals surface area contributed by atoms with Gasteiger partial charge in [-0.2, -0.15) is 0 Å². The minimum absolute atomic E-state index is 0.222. The number of nitrogens with zero attached hydrogens (tertiary/aromatic N) is 1. The van der Waals surface area contributed by atoms with Crippen molar-refractivity contribution in [3.8, 4) is 0 Å². The van der Waals surface area contributed by atoms with Crippen molar-refractivity contribution in [3.05, 3.63) is 34.9 Å². The number of hydrogen-bond donors (Lipinski definition) is 1. The fourth-order valence-corrected chi connectivity index (χ4v) is 1.94. The van der Waals surface area contributed by atoms with Gasteiger partial charge in [0.2, 0.25) is 0 Å². The van der Waals surface area contributed by atoms with Gasteiger partial charge in [0, 0.05) is 19.1 Å². The van der Waals surface area contributed by atoms with Gasteiger partial charge in [-0.05, 0) is 43.0 Å². The molecule has 0 saturated heterocycles. The highest BCUT2D eigenvalue weighted by atomic mass is 15.1. The second kappa shape index (κ2) is 5.85. The van der Waals surface area contributed by atoms with Gasteiger partial charge in [-0.1, -0.05) is 39.0 Å². The number of nitrogens with two attached hydrogens (primary N) is 1. The van der Waals surface area contributed by atoms with Gasteiger partial charge in [-0.15, -0.1) is 0 Å². The number of hydrogen-bond acceptors (Lipinski definition) is 2. The molecular formula is C16H28N2. The largest absolute Gasteiger partial charge is 0.329 e. The highest BCUT2D eigenvalue weighted by Gasteiger charge is 2.15. The Morgan fingerprint density at radius 1 is 1.28 bits per heavy atom. The van der Waals surface area contributed by atoms with Crippen molar-refractivity contribution in [2.45, 2.75) is 52.6 Å². The zero-order chi connectivity index (χ0) is 13.9. The molecule has 1 aromatic rings. The van der Waals surface area contributed by atoms with Crippen LogP contribution >= 0.6 is 0 Å². The molecule has 2 heteroatoms. The van der Waals surface area contributed by atoms with Crippen LogP contribution in [-0.4, -0.2) is 24.5 Å².